The van der Waals surface area contributed by atoms with Gasteiger partial charge in [-0.1, -0.05) is 20.3 Å². The first-order chi connectivity index (χ1) is 8.54. The van der Waals surface area contributed by atoms with Gasteiger partial charge in [0.1, 0.15) is 5.00 Å². The fourth-order valence-electron chi connectivity index (χ4n) is 3.08. The number of hydrogen-bond donors (Lipinski definition) is 1. The molecule has 1 fully saturated rings. The highest BCUT2D eigenvalue weighted by Gasteiger charge is 2.32. The number of nitrogens with zero attached hydrogens (tertiary/aromatic N) is 1. The quantitative estimate of drug-likeness (QED) is 0.841. The number of carbonyl (C=O) groups excluding carboxylic acids is 1. The van der Waals surface area contributed by atoms with Gasteiger partial charge in [-0.3, -0.25) is 4.79 Å². The lowest BCUT2D eigenvalue weighted by molar-refractivity contribution is 0.101. The maximum Gasteiger partial charge on any atom is 0.164 e. The molecule has 2 rings (SSSR count). The normalized spacial score (nSPS) is 27.4. The highest BCUT2D eigenvalue weighted by atomic mass is 32.1. The summed E-state index contributed by atoms with van der Waals surface area (Å²) in [7, 11) is 0. The lowest BCUT2D eigenvalue weighted by atomic mass is 9.93. The van der Waals surface area contributed by atoms with Gasteiger partial charge in [0.2, 0.25) is 0 Å². The molecule has 3 unspecified atom stereocenters. The molecule has 0 saturated heterocycles. The zero-order valence-corrected chi connectivity index (χ0v) is 12.4. The molecule has 1 aromatic heterocycles. The van der Waals surface area contributed by atoms with E-state index in [0.717, 1.165) is 22.2 Å². The predicted octanol–water partition coefficient (Wildman–Crippen LogP) is 3.89. The number of rotatable bonds is 4. The van der Waals surface area contributed by atoms with Gasteiger partial charge in [-0.05, 0) is 50.1 Å². The standard InChI is InChI=1S/C14H22N2OS/c1-5-11-6-7-12(8(11)2)15-14-13(10(4)17)9(3)16-18-14/h8,11-12,15H,5-7H2,1-4H3. The van der Waals surface area contributed by atoms with Crippen molar-refractivity contribution in [2.75, 3.05) is 5.32 Å². The highest BCUT2D eigenvalue weighted by Crippen LogP contribution is 2.37. The van der Waals surface area contributed by atoms with Crippen LogP contribution < -0.4 is 5.32 Å². The van der Waals surface area contributed by atoms with Gasteiger partial charge in [-0.25, -0.2) is 0 Å². The molecule has 0 amide bonds. The average molecular weight is 266 g/mol. The van der Waals surface area contributed by atoms with Crippen LogP contribution in [0.15, 0.2) is 0 Å². The molecule has 3 atom stereocenters. The summed E-state index contributed by atoms with van der Waals surface area (Å²) in [6.07, 6.45) is 3.75. The third-order valence-electron chi connectivity index (χ3n) is 4.28. The molecule has 1 saturated carbocycles. The minimum atomic E-state index is 0.112. The van der Waals surface area contributed by atoms with E-state index in [1.165, 1.54) is 30.8 Å². The predicted molar refractivity (Wildman–Crippen MR) is 76.4 cm³/mol. The van der Waals surface area contributed by atoms with Crippen molar-refractivity contribution in [2.45, 2.75) is 53.0 Å². The Morgan fingerprint density at radius 3 is 2.78 bits per heavy atom. The Hall–Kier alpha value is -0.900. The van der Waals surface area contributed by atoms with E-state index in [1.54, 1.807) is 6.92 Å². The highest BCUT2D eigenvalue weighted by molar-refractivity contribution is 7.10. The van der Waals surface area contributed by atoms with Crippen molar-refractivity contribution in [2.24, 2.45) is 11.8 Å². The van der Waals surface area contributed by atoms with Gasteiger partial charge in [-0.15, -0.1) is 0 Å². The summed E-state index contributed by atoms with van der Waals surface area (Å²) in [5, 5.41) is 4.53. The van der Waals surface area contributed by atoms with E-state index in [-0.39, 0.29) is 5.78 Å². The zero-order valence-electron chi connectivity index (χ0n) is 11.6. The largest absolute Gasteiger partial charge is 0.372 e. The second kappa shape index (κ2) is 5.39. The number of nitrogens with one attached hydrogen (secondary N) is 1. The molecule has 0 spiro atoms. The molecule has 1 N–H and O–H groups in total. The number of anilines is 1. The lowest BCUT2D eigenvalue weighted by Crippen LogP contribution is -2.24. The monoisotopic (exact) mass is 266 g/mol. The second-order valence-corrected chi connectivity index (χ2v) is 6.16. The van der Waals surface area contributed by atoms with Crippen LogP contribution in [0.1, 0.15) is 56.1 Å². The summed E-state index contributed by atoms with van der Waals surface area (Å²) in [5.41, 5.74) is 1.64. The molecule has 0 radical (unpaired) electrons. The van der Waals surface area contributed by atoms with Crippen LogP contribution in [-0.2, 0) is 0 Å². The van der Waals surface area contributed by atoms with Crippen LogP contribution in [0.4, 0.5) is 5.00 Å². The molecule has 0 aromatic carbocycles. The van der Waals surface area contributed by atoms with Crippen molar-refractivity contribution in [3.8, 4) is 0 Å². The molecule has 1 heterocycles. The van der Waals surface area contributed by atoms with Gasteiger partial charge in [-0.2, -0.15) is 4.37 Å². The smallest absolute Gasteiger partial charge is 0.164 e. The number of aryl methyl sites for hydroxylation is 1. The minimum Gasteiger partial charge on any atom is -0.372 e. The maximum atomic E-state index is 11.7. The van der Waals surface area contributed by atoms with Gasteiger partial charge >= 0.3 is 0 Å². The van der Waals surface area contributed by atoms with Crippen molar-refractivity contribution in [1.82, 2.24) is 4.37 Å². The van der Waals surface area contributed by atoms with E-state index in [2.05, 4.69) is 23.5 Å². The fourth-order valence-corrected chi connectivity index (χ4v) is 3.99. The Morgan fingerprint density at radius 2 is 2.22 bits per heavy atom. The first-order valence-corrected chi connectivity index (χ1v) is 7.55. The van der Waals surface area contributed by atoms with Gasteiger partial charge in [0.25, 0.3) is 0 Å². The van der Waals surface area contributed by atoms with Crippen LogP contribution in [0.3, 0.4) is 0 Å². The molecule has 1 aliphatic rings. The van der Waals surface area contributed by atoms with Crippen LogP contribution in [0.5, 0.6) is 0 Å². The van der Waals surface area contributed by atoms with Gasteiger partial charge < -0.3 is 5.32 Å². The summed E-state index contributed by atoms with van der Waals surface area (Å²) in [6, 6.07) is 0.493. The zero-order chi connectivity index (χ0) is 13.3. The molecule has 0 bridgehead atoms. The van der Waals surface area contributed by atoms with E-state index < -0.39 is 0 Å². The van der Waals surface area contributed by atoms with Crippen molar-refractivity contribution in [3.63, 3.8) is 0 Å². The molecule has 1 aromatic rings. The number of carbonyl (C=O) groups is 1. The Morgan fingerprint density at radius 1 is 1.50 bits per heavy atom. The van der Waals surface area contributed by atoms with Crippen molar-refractivity contribution in [1.29, 1.82) is 0 Å². The SMILES string of the molecule is CCC1CCC(Nc2snc(C)c2C(C)=O)C1C. The van der Waals surface area contributed by atoms with Gasteiger partial charge in [0.05, 0.1) is 11.3 Å². The van der Waals surface area contributed by atoms with E-state index in [0.29, 0.717) is 12.0 Å². The summed E-state index contributed by atoms with van der Waals surface area (Å²) in [5.74, 6) is 1.61. The van der Waals surface area contributed by atoms with Crippen molar-refractivity contribution in [3.05, 3.63) is 11.3 Å². The van der Waals surface area contributed by atoms with E-state index >= 15 is 0 Å². The number of hydrogen-bond acceptors (Lipinski definition) is 4. The van der Waals surface area contributed by atoms with Crippen LogP contribution in [0, 0.1) is 18.8 Å². The van der Waals surface area contributed by atoms with Crippen molar-refractivity contribution >= 4 is 22.3 Å². The Labute approximate surface area is 113 Å². The Bertz CT molecular complexity index is 441. The van der Waals surface area contributed by atoms with E-state index in [4.69, 9.17) is 0 Å². The first-order valence-electron chi connectivity index (χ1n) is 6.78. The van der Waals surface area contributed by atoms with Gasteiger partial charge in [0, 0.05) is 6.04 Å². The fraction of sp³-hybridized carbons (Fsp3) is 0.714. The number of aromatic nitrogens is 1. The molecular weight excluding hydrogens is 244 g/mol. The Balaban J connectivity index is 2.13. The summed E-state index contributed by atoms with van der Waals surface area (Å²) >= 11 is 1.42. The third-order valence-corrected chi connectivity index (χ3v) is 5.15. The summed E-state index contributed by atoms with van der Waals surface area (Å²) in [6.45, 7) is 8.11. The Kier molecular flexibility index (Phi) is 4.05. The molecule has 4 heteroatoms. The lowest BCUT2D eigenvalue weighted by Gasteiger charge is -2.21. The average Bonchev–Trinajstić information content (AvgIpc) is 2.84. The van der Waals surface area contributed by atoms with Crippen LogP contribution >= 0.6 is 11.5 Å². The molecule has 1 aliphatic carbocycles. The molecule has 18 heavy (non-hydrogen) atoms. The summed E-state index contributed by atoms with van der Waals surface area (Å²) < 4.78 is 4.30. The van der Waals surface area contributed by atoms with Gasteiger partial charge in [0.15, 0.2) is 5.78 Å². The molecule has 100 valence electrons. The van der Waals surface area contributed by atoms with E-state index in [9.17, 15) is 4.79 Å². The third kappa shape index (κ3) is 2.44. The topological polar surface area (TPSA) is 42.0 Å². The van der Waals surface area contributed by atoms with Crippen LogP contribution in [0.2, 0.25) is 0 Å². The second-order valence-electron chi connectivity index (χ2n) is 5.38. The van der Waals surface area contributed by atoms with Crippen molar-refractivity contribution < 1.29 is 4.79 Å². The number of Topliss-reactive ketones (excluding diaryl/α,β-unsaturated/α-hetero) is 1. The first kappa shape index (κ1) is 13.5. The van der Waals surface area contributed by atoms with Crippen LogP contribution in [0.25, 0.3) is 0 Å². The molecule has 0 aliphatic heterocycles. The van der Waals surface area contributed by atoms with Crippen LogP contribution in [-0.4, -0.2) is 16.2 Å². The maximum absolute atomic E-state index is 11.7. The summed E-state index contributed by atoms with van der Waals surface area (Å²) in [4.78, 5) is 11.7. The molecular formula is C14H22N2OS. The van der Waals surface area contributed by atoms with E-state index in [1.807, 2.05) is 6.92 Å². The minimum absolute atomic E-state index is 0.112. The number of ketones is 1. The molecule has 3 nitrogen and oxygen atoms in total.